The maximum Gasteiger partial charge on any atom is 0.258 e. The lowest BCUT2D eigenvalue weighted by Crippen LogP contribution is -2.43. The van der Waals surface area contributed by atoms with E-state index < -0.39 is 13.0 Å². The molecule has 1 saturated heterocycles. The fraction of sp³-hybridized carbons (Fsp3) is 0.643. The highest BCUT2D eigenvalue weighted by molar-refractivity contribution is 5.71. The number of fused-ring (bicyclic) bond motifs is 1. The summed E-state index contributed by atoms with van der Waals surface area (Å²) in [6, 6.07) is 0.279. The third kappa shape index (κ3) is 2.87. The summed E-state index contributed by atoms with van der Waals surface area (Å²) in [5, 5.41) is 13.3. The van der Waals surface area contributed by atoms with E-state index in [4.69, 9.17) is 0 Å². The summed E-state index contributed by atoms with van der Waals surface area (Å²) in [4.78, 5) is 10.8. The second-order valence-electron chi connectivity index (χ2n) is 5.78. The molecule has 1 fully saturated rings. The fourth-order valence-electron chi connectivity index (χ4n) is 2.89. The van der Waals surface area contributed by atoms with Gasteiger partial charge in [0.15, 0.2) is 5.65 Å². The lowest BCUT2D eigenvalue weighted by atomic mass is 9.94. The van der Waals surface area contributed by atoms with Crippen molar-refractivity contribution in [3.63, 3.8) is 0 Å². The Morgan fingerprint density at radius 1 is 1.36 bits per heavy atom. The van der Waals surface area contributed by atoms with E-state index in [1.165, 1.54) is 10.9 Å². The highest BCUT2D eigenvalue weighted by Gasteiger charge is 2.26. The third-order valence-corrected chi connectivity index (χ3v) is 4.18. The van der Waals surface area contributed by atoms with Crippen molar-refractivity contribution in [2.24, 2.45) is 5.92 Å². The highest BCUT2D eigenvalue weighted by Crippen LogP contribution is 2.26. The van der Waals surface area contributed by atoms with Crippen LogP contribution in [0, 0.1) is 5.92 Å². The highest BCUT2D eigenvalue weighted by atomic mass is 19.3. The molecule has 2 aromatic heterocycles. The van der Waals surface area contributed by atoms with Crippen LogP contribution in [0.25, 0.3) is 11.2 Å². The van der Waals surface area contributed by atoms with Gasteiger partial charge in [0.2, 0.25) is 0 Å². The van der Waals surface area contributed by atoms with E-state index in [9.17, 15) is 13.9 Å². The average Bonchev–Trinajstić information content (AvgIpc) is 2.89. The van der Waals surface area contributed by atoms with Gasteiger partial charge in [0, 0.05) is 19.2 Å². The van der Waals surface area contributed by atoms with Crippen LogP contribution in [0.4, 0.5) is 14.6 Å². The molecule has 2 aromatic rings. The molecule has 3 rings (SSSR count). The van der Waals surface area contributed by atoms with Gasteiger partial charge in [0.25, 0.3) is 6.43 Å². The normalized spacial score (nSPS) is 22.7. The first kappa shape index (κ1) is 15.1. The Morgan fingerprint density at radius 3 is 2.91 bits per heavy atom. The van der Waals surface area contributed by atoms with Crippen molar-refractivity contribution < 1.29 is 13.9 Å². The second kappa shape index (κ2) is 6.12. The number of anilines is 1. The first-order chi connectivity index (χ1) is 10.6. The molecule has 0 radical (unpaired) electrons. The summed E-state index contributed by atoms with van der Waals surface area (Å²) in [6.45, 7) is 2.44. The molecule has 1 aliphatic rings. The largest absolute Gasteiger partial charge is 0.396 e. The van der Waals surface area contributed by atoms with Crippen LogP contribution in [-0.4, -0.2) is 50.5 Å². The summed E-state index contributed by atoms with van der Waals surface area (Å²) in [6.07, 6.45) is 2.55. The van der Waals surface area contributed by atoms with Crippen LogP contribution in [0.2, 0.25) is 0 Å². The molecular weight excluding hydrogens is 292 g/mol. The van der Waals surface area contributed by atoms with Gasteiger partial charge in [-0.3, -0.25) is 0 Å². The molecule has 0 bridgehead atoms. The SMILES string of the molecule is C[C@H]1CC[C@H](CO)CN1c1cnc2cnn(CC(F)F)c2n1. The molecule has 1 N–H and O–H groups in total. The maximum absolute atomic E-state index is 12.6. The summed E-state index contributed by atoms with van der Waals surface area (Å²) in [7, 11) is 0. The van der Waals surface area contributed by atoms with Crippen molar-refractivity contribution in [1.29, 1.82) is 0 Å². The lowest BCUT2D eigenvalue weighted by Gasteiger charge is -2.38. The summed E-state index contributed by atoms with van der Waals surface area (Å²) >= 11 is 0. The Bertz CT molecular complexity index is 647. The van der Waals surface area contributed by atoms with Gasteiger partial charge >= 0.3 is 0 Å². The van der Waals surface area contributed by atoms with Crippen molar-refractivity contribution in [2.45, 2.75) is 38.8 Å². The van der Waals surface area contributed by atoms with Gasteiger partial charge in [-0.05, 0) is 25.7 Å². The Kier molecular flexibility index (Phi) is 4.19. The number of aliphatic hydroxyl groups excluding tert-OH is 1. The van der Waals surface area contributed by atoms with Crippen LogP contribution in [0.3, 0.4) is 0 Å². The molecular formula is C14H19F2N5O. The summed E-state index contributed by atoms with van der Waals surface area (Å²) < 4.78 is 26.4. The number of aliphatic hydroxyl groups is 1. The molecule has 8 heteroatoms. The molecule has 2 atom stereocenters. The van der Waals surface area contributed by atoms with E-state index in [1.807, 2.05) is 0 Å². The van der Waals surface area contributed by atoms with Gasteiger partial charge in [0.05, 0.1) is 12.4 Å². The summed E-state index contributed by atoms with van der Waals surface area (Å²) in [5.41, 5.74) is 0.879. The van der Waals surface area contributed by atoms with Crippen LogP contribution >= 0.6 is 0 Å². The van der Waals surface area contributed by atoms with Crippen molar-refractivity contribution in [3.8, 4) is 0 Å². The number of piperidine rings is 1. The van der Waals surface area contributed by atoms with Crippen LogP contribution in [0.5, 0.6) is 0 Å². The fourth-order valence-corrected chi connectivity index (χ4v) is 2.89. The van der Waals surface area contributed by atoms with E-state index >= 15 is 0 Å². The molecule has 120 valence electrons. The van der Waals surface area contributed by atoms with Gasteiger partial charge < -0.3 is 10.0 Å². The smallest absolute Gasteiger partial charge is 0.258 e. The van der Waals surface area contributed by atoms with E-state index in [0.717, 1.165) is 12.8 Å². The zero-order valence-corrected chi connectivity index (χ0v) is 12.4. The van der Waals surface area contributed by atoms with Crippen LogP contribution in [0.1, 0.15) is 19.8 Å². The standard InChI is InChI=1S/C14H19F2N5O/c1-9-2-3-10(8-22)6-20(9)13-5-17-11-4-18-21(7-12(15)16)14(11)19-13/h4-5,9-10,12,22H,2-3,6-8H2,1H3/t9-,10-/m0/s1. The quantitative estimate of drug-likeness (QED) is 0.930. The zero-order valence-electron chi connectivity index (χ0n) is 12.4. The van der Waals surface area contributed by atoms with Gasteiger partial charge in [-0.2, -0.15) is 5.10 Å². The van der Waals surface area contributed by atoms with Crippen molar-refractivity contribution >= 4 is 17.0 Å². The predicted octanol–water partition coefficient (Wildman–Crippen LogP) is 1.69. The number of hydrogen-bond acceptors (Lipinski definition) is 5. The minimum atomic E-state index is -2.48. The molecule has 3 heterocycles. The van der Waals surface area contributed by atoms with Gasteiger partial charge in [-0.25, -0.2) is 23.4 Å². The predicted molar refractivity (Wildman–Crippen MR) is 77.9 cm³/mol. The van der Waals surface area contributed by atoms with Crippen LogP contribution in [-0.2, 0) is 6.54 Å². The van der Waals surface area contributed by atoms with Crippen LogP contribution in [0.15, 0.2) is 12.4 Å². The minimum absolute atomic E-state index is 0.141. The molecule has 6 nitrogen and oxygen atoms in total. The maximum atomic E-state index is 12.6. The van der Waals surface area contributed by atoms with Crippen LogP contribution < -0.4 is 4.90 Å². The van der Waals surface area contributed by atoms with E-state index in [1.54, 1.807) is 6.20 Å². The second-order valence-corrected chi connectivity index (χ2v) is 5.78. The Labute approximate surface area is 126 Å². The topological polar surface area (TPSA) is 67.1 Å². The van der Waals surface area contributed by atoms with Gasteiger partial charge in [-0.15, -0.1) is 0 Å². The number of halogens is 2. The molecule has 1 aliphatic heterocycles. The van der Waals surface area contributed by atoms with E-state index in [2.05, 4.69) is 26.9 Å². The Balaban J connectivity index is 1.93. The Morgan fingerprint density at radius 2 is 2.18 bits per heavy atom. The third-order valence-electron chi connectivity index (χ3n) is 4.18. The molecule has 0 spiro atoms. The average molecular weight is 311 g/mol. The monoisotopic (exact) mass is 311 g/mol. The first-order valence-corrected chi connectivity index (χ1v) is 7.42. The van der Waals surface area contributed by atoms with Crippen molar-refractivity contribution in [1.82, 2.24) is 19.7 Å². The molecule has 0 aromatic carbocycles. The number of alkyl halides is 2. The first-order valence-electron chi connectivity index (χ1n) is 7.42. The molecule has 0 unspecified atom stereocenters. The van der Waals surface area contributed by atoms with E-state index in [0.29, 0.717) is 23.5 Å². The van der Waals surface area contributed by atoms with Crippen molar-refractivity contribution in [3.05, 3.63) is 12.4 Å². The molecule has 0 saturated carbocycles. The van der Waals surface area contributed by atoms with Gasteiger partial charge in [0.1, 0.15) is 17.9 Å². The summed E-state index contributed by atoms with van der Waals surface area (Å²) in [5.74, 6) is 0.855. The number of hydrogen-bond donors (Lipinski definition) is 1. The number of nitrogens with zero attached hydrogens (tertiary/aromatic N) is 5. The van der Waals surface area contributed by atoms with Gasteiger partial charge in [-0.1, -0.05) is 0 Å². The minimum Gasteiger partial charge on any atom is -0.396 e. The zero-order chi connectivity index (χ0) is 15.7. The van der Waals surface area contributed by atoms with Crippen molar-refractivity contribution in [2.75, 3.05) is 18.1 Å². The number of rotatable bonds is 4. The molecule has 0 aliphatic carbocycles. The Hall–Kier alpha value is -1.83. The lowest BCUT2D eigenvalue weighted by molar-refractivity contribution is 0.123. The molecule has 0 amide bonds. The van der Waals surface area contributed by atoms with E-state index in [-0.39, 0.29) is 18.6 Å². The molecule has 22 heavy (non-hydrogen) atoms. The number of aromatic nitrogens is 4.